The Morgan fingerprint density at radius 1 is 1.12 bits per heavy atom. The number of rotatable bonds is 5. The molecule has 4 rings (SSSR count). The van der Waals surface area contributed by atoms with E-state index < -0.39 is 18.6 Å². The summed E-state index contributed by atoms with van der Waals surface area (Å²) in [5.74, 6) is -0.927. The molecule has 2 unspecified atom stereocenters. The number of ether oxygens (including phenoxy) is 2. The van der Waals surface area contributed by atoms with E-state index in [2.05, 4.69) is 5.32 Å². The molecule has 3 fully saturated rings. The minimum atomic E-state index is -4.42. The number of halogens is 4. The summed E-state index contributed by atoms with van der Waals surface area (Å²) in [7, 11) is 0. The number of morpholine rings is 1. The van der Waals surface area contributed by atoms with Gasteiger partial charge in [0.2, 0.25) is 5.91 Å². The minimum absolute atomic E-state index is 0.000450. The van der Waals surface area contributed by atoms with Crippen LogP contribution in [-0.2, 0) is 14.3 Å². The lowest BCUT2D eigenvalue weighted by Gasteiger charge is -2.44. The molecule has 3 aliphatic rings. The minimum Gasteiger partial charge on any atom is -0.371 e. The Kier molecular flexibility index (Phi) is 7.61. The van der Waals surface area contributed by atoms with E-state index in [4.69, 9.17) is 9.47 Å². The fourth-order valence-corrected chi connectivity index (χ4v) is 5.08. The first-order chi connectivity index (χ1) is 16.2. The van der Waals surface area contributed by atoms with Crippen molar-refractivity contribution in [1.29, 1.82) is 0 Å². The van der Waals surface area contributed by atoms with Gasteiger partial charge in [-0.2, -0.15) is 13.2 Å². The molecular weight excluding hydrogens is 458 g/mol. The zero-order valence-corrected chi connectivity index (χ0v) is 18.7. The number of carbonyl (C=O) groups is 2. The van der Waals surface area contributed by atoms with Crippen molar-refractivity contribution in [3.8, 4) is 0 Å². The van der Waals surface area contributed by atoms with E-state index in [-0.39, 0.29) is 49.1 Å². The van der Waals surface area contributed by atoms with Crippen molar-refractivity contribution in [2.24, 2.45) is 5.92 Å². The maximum absolute atomic E-state index is 13.4. The first kappa shape index (κ1) is 24.7. The monoisotopic (exact) mass is 487 g/mol. The molecule has 3 amide bonds. The molecule has 0 spiro atoms. The highest BCUT2D eigenvalue weighted by Gasteiger charge is 2.39. The smallest absolute Gasteiger partial charge is 0.371 e. The molecule has 188 valence electrons. The average molecular weight is 487 g/mol. The first-order valence-corrected chi connectivity index (χ1v) is 11.5. The van der Waals surface area contributed by atoms with E-state index >= 15 is 0 Å². The third kappa shape index (κ3) is 6.18. The van der Waals surface area contributed by atoms with Crippen LogP contribution in [0.2, 0.25) is 0 Å². The SMILES string of the molecule is O=C1CO[C@H]2CCN(C(=O)N3CCC(C(COCC(F)(F)F)c4ccc(F)cc4)CC3)CC2N1. The molecule has 0 radical (unpaired) electrons. The number of fused-ring (bicyclic) bond motifs is 1. The normalized spacial score (nSPS) is 25.0. The first-order valence-electron chi connectivity index (χ1n) is 11.5. The van der Waals surface area contributed by atoms with Gasteiger partial charge in [-0.3, -0.25) is 4.79 Å². The van der Waals surface area contributed by atoms with Crippen LogP contribution in [0.1, 0.15) is 30.7 Å². The van der Waals surface area contributed by atoms with Crippen LogP contribution in [0.5, 0.6) is 0 Å². The van der Waals surface area contributed by atoms with Gasteiger partial charge >= 0.3 is 12.2 Å². The lowest BCUT2D eigenvalue weighted by Crippen LogP contribution is -2.62. The largest absolute Gasteiger partial charge is 0.411 e. The highest BCUT2D eigenvalue weighted by molar-refractivity contribution is 5.79. The van der Waals surface area contributed by atoms with Gasteiger partial charge in [0.15, 0.2) is 0 Å². The topological polar surface area (TPSA) is 71.1 Å². The zero-order chi connectivity index (χ0) is 24.3. The fraction of sp³-hybridized carbons (Fsp3) is 0.652. The Bertz CT molecular complexity index is 859. The molecule has 1 aromatic rings. The maximum atomic E-state index is 13.4. The van der Waals surface area contributed by atoms with Gasteiger partial charge < -0.3 is 24.6 Å². The summed E-state index contributed by atoms with van der Waals surface area (Å²) >= 11 is 0. The Morgan fingerprint density at radius 3 is 2.47 bits per heavy atom. The average Bonchev–Trinajstić information content (AvgIpc) is 2.81. The van der Waals surface area contributed by atoms with Crippen molar-refractivity contribution in [2.75, 3.05) is 46.0 Å². The molecule has 11 heteroatoms. The van der Waals surface area contributed by atoms with Gasteiger partial charge in [0, 0.05) is 32.1 Å². The third-order valence-corrected chi connectivity index (χ3v) is 6.84. The maximum Gasteiger partial charge on any atom is 0.411 e. The predicted molar refractivity (Wildman–Crippen MR) is 114 cm³/mol. The van der Waals surface area contributed by atoms with E-state index in [1.807, 2.05) is 0 Å². The van der Waals surface area contributed by atoms with Crippen molar-refractivity contribution >= 4 is 11.9 Å². The van der Waals surface area contributed by atoms with Gasteiger partial charge in [-0.05, 0) is 42.9 Å². The molecular formula is C23H29F4N3O4. The number of amides is 3. The fourth-order valence-electron chi connectivity index (χ4n) is 5.08. The van der Waals surface area contributed by atoms with Crippen LogP contribution in [0.25, 0.3) is 0 Å². The highest BCUT2D eigenvalue weighted by Crippen LogP contribution is 2.34. The summed E-state index contributed by atoms with van der Waals surface area (Å²) in [6, 6.07) is 5.43. The van der Waals surface area contributed by atoms with Crippen LogP contribution in [0.15, 0.2) is 24.3 Å². The number of benzene rings is 1. The Labute approximate surface area is 195 Å². The lowest BCUT2D eigenvalue weighted by molar-refractivity contribution is -0.176. The van der Waals surface area contributed by atoms with Gasteiger partial charge in [0.25, 0.3) is 0 Å². The van der Waals surface area contributed by atoms with Crippen LogP contribution in [0, 0.1) is 11.7 Å². The molecule has 7 nitrogen and oxygen atoms in total. The van der Waals surface area contributed by atoms with Crippen molar-refractivity contribution < 1.29 is 36.6 Å². The molecule has 3 aliphatic heterocycles. The molecule has 3 atom stereocenters. The quantitative estimate of drug-likeness (QED) is 0.649. The number of piperidine rings is 2. The molecule has 3 saturated heterocycles. The van der Waals surface area contributed by atoms with Gasteiger partial charge in [-0.1, -0.05) is 12.1 Å². The summed E-state index contributed by atoms with van der Waals surface area (Å²) < 4.78 is 61.7. The van der Waals surface area contributed by atoms with Gasteiger partial charge in [-0.25, -0.2) is 9.18 Å². The zero-order valence-electron chi connectivity index (χ0n) is 18.7. The Hall–Kier alpha value is -2.40. The lowest BCUT2D eigenvalue weighted by atomic mass is 9.80. The second-order valence-corrected chi connectivity index (χ2v) is 9.15. The standard InChI is InChI=1S/C23H29F4N3O4/c24-17-3-1-15(2-4-17)18(12-33-14-23(25,26)27)16-5-8-29(9-6-16)22(32)30-10-7-20-19(11-30)28-21(31)13-34-20/h1-4,16,18-20H,5-14H2,(H,28,31)/t18?,19?,20-/m0/s1. The molecule has 0 saturated carbocycles. The number of nitrogens with zero attached hydrogens (tertiary/aromatic N) is 2. The van der Waals surface area contributed by atoms with Gasteiger partial charge in [0.05, 0.1) is 18.8 Å². The molecule has 0 aromatic heterocycles. The summed E-state index contributed by atoms with van der Waals surface area (Å²) in [4.78, 5) is 28.2. The number of likely N-dealkylation sites (tertiary alicyclic amines) is 2. The van der Waals surface area contributed by atoms with Gasteiger partial charge in [0.1, 0.15) is 19.0 Å². The number of urea groups is 1. The molecule has 0 aliphatic carbocycles. The second-order valence-electron chi connectivity index (χ2n) is 9.15. The summed E-state index contributed by atoms with van der Waals surface area (Å²) in [6.45, 7) is 0.447. The molecule has 0 bridgehead atoms. The Balaban J connectivity index is 1.34. The highest BCUT2D eigenvalue weighted by atomic mass is 19.4. The number of nitrogens with one attached hydrogen (secondary N) is 1. The van der Waals surface area contributed by atoms with Crippen LogP contribution < -0.4 is 5.32 Å². The summed E-state index contributed by atoms with van der Waals surface area (Å²) in [5.41, 5.74) is 0.725. The number of alkyl halides is 3. The van der Waals surface area contributed by atoms with Gasteiger partial charge in [-0.15, -0.1) is 0 Å². The van der Waals surface area contributed by atoms with E-state index in [0.717, 1.165) is 5.56 Å². The van der Waals surface area contributed by atoms with Crippen LogP contribution in [0.4, 0.5) is 22.4 Å². The van der Waals surface area contributed by atoms with Crippen LogP contribution in [0.3, 0.4) is 0 Å². The van der Waals surface area contributed by atoms with Crippen molar-refractivity contribution in [2.45, 2.75) is 43.5 Å². The molecule has 1 N–H and O–H groups in total. The second kappa shape index (κ2) is 10.5. The number of carbonyl (C=O) groups excluding carboxylic acids is 2. The van der Waals surface area contributed by atoms with E-state index in [0.29, 0.717) is 45.4 Å². The van der Waals surface area contributed by atoms with E-state index in [1.165, 1.54) is 12.1 Å². The van der Waals surface area contributed by atoms with Crippen molar-refractivity contribution in [1.82, 2.24) is 15.1 Å². The van der Waals surface area contributed by atoms with Crippen LogP contribution >= 0.6 is 0 Å². The molecule has 1 aromatic carbocycles. The van der Waals surface area contributed by atoms with E-state index in [1.54, 1.807) is 21.9 Å². The third-order valence-electron chi connectivity index (χ3n) is 6.84. The van der Waals surface area contributed by atoms with Crippen LogP contribution in [-0.4, -0.2) is 86.1 Å². The Morgan fingerprint density at radius 2 is 1.79 bits per heavy atom. The summed E-state index contributed by atoms with van der Waals surface area (Å²) in [6.07, 6.45) is -2.65. The van der Waals surface area contributed by atoms with Crippen molar-refractivity contribution in [3.63, 3.8) is 0 Å². The number of hydrogen-bond acceptors (Lipinski definition) is 4. The van der Waals surface area contributed by atoms with E-state index in [9.17, 15) is 27.2 Å². The summed E-state index contributed by atoms with van der Waals surface area (Å²) in [5, 5.41) is 2.88. The van der Waals surface area contributed by atoms with Crippen molar-refractivity contribution in [3.05, 3.63) is 35.6 Å². The number of hydrogen-bond donors (Lipinski definition) is 1. The predicted octanol–water partition coefficient (Wildman–Crippen LogP) is 2.91. The molecule has 3 heterocycles. The molecule has 34 heavy (non-hydrogen) atoms.